The fraction of sp³-hybridized carbons (Fsp3) is 0.350. The first-order chi connectivity index (χ1) is 11.6. The summed E-state index contributed by atoms with van der Waals surface area (Å²) in [5, 5.41) is 6.73. The third kappa shape index (κ3) is 5.01. The molecule has 0 spiro atoms. The van der Waals surface area contributed by atoms with Crippen molar-refractivity contribution < 1.29 is 4.74 Å². The van der Waals surface area contributed by atoms with Crippen molar-refractivity contribution in [2.24, 2.45) is 4.99 Å². The van der Waals surface area contributed by atoms with Crippen molar-refractivity contribution in [3.8, 4) is 5.75 Å². The Morgan fingerprint density at radius 2 is 1.79 bits per heavy atom. The monoisotopic (exact) mass is 325 g/mol. The first kappa shape index (κ1) is 17.9. The minimum Gasteiger partial charge on any atom is -0.496 e. The Labute approximate surface area is 145 Å². The lowest BCUT2D eigenvalue weighted by Crippen LogP contribution is -2.38. The van der Waals surface area contributed by atoms with Gasteiger partial charge in [0.15, 0.2) is 5.96 Å². The van der Waals surface area contributed by atoms with Gasteiger partial charge >= 0.3 is 0 Å². The van der Waals surface area contributed by atoms with Crippen LogP contribution in [0.5, 0.6) is 5.75 Å². The Morgan fingerprint density at radius 3 is 2.46 bits per heavy atom. The predicted octanol–water partition coefficient (Wildman–Crippen LogP) is 3.47. The van der Waals surface area contributed by atoms with Crippen LogP contribution >= 0.6 is 0 Å². The van der Waals surface area contributed by atoms with E-state index in [2.05, 4.69) is 59.8 Å². The number of hydrogen-bond acceptors (Lipinski definition) is 2. The van der Waals surface area contributed by atoms with Crippen molar-refractivity contribution in [1.29, 1.82) is 0 Å². The second-order valence-corrected chi connectivity index (χ2v) is 5.94. The summed E-state index contributed by atoms with van der Waals surface area (Å²) in [6, 6.07) is 16.6. The number of guanidine groups is 1. The van der Waals surface area contributed by atoms with Gasteiger partial charge in [-0.3, -0.25) is 4.99 Å². The number of para-hydroxylation sites is 1. The summed E-state index contributed by atoms with van der Waals surface area (Å²) >= 11 is 0. The number of nitrogens with zero attached hydrogens (tertiary/aromatic N) is 1. The van der Waals surface area contributed by atoms with Crippen LogP contribution in [0.4, 0.5) is 0 Å². The average molecular weight is 325 g/mol. The number of methoxy groups -OCH3 is 1. The number of hydrogen-bond donors (Lipinski definition) is 2. The average Bonchev–Trinajstić information content (AvgIpc) is 2.63. The molecule has 2 aromatic carbocycles. The van der Waals surface area contributed by atoms with E-state index >= 15 is 0 Å². The minimum atomic E-state index is 0.319. The summed E-state index contributed by atoms with van der Waals surface area (Å²) < 4.78 is 5.44. The molecule has 0 bridgehead atoms. The molecule has 4 heteroatoms. The zero-order valence-corrected chi connectivity index (χ0v) is 15.0. The largest absolute Gasteiger partial charge is 0.496 e. The smallest absolute Gasteiger partial charge is 0.191 e. The highest BCUT2D eigenvalue weighted by Gasteiger charge is 2.11. The van der Waals surface area contributed by atoms with Crippen molar-refractivity contribution in [1.82, 2.24) is 10.6 Å². The maximum Gasteiger partial charge on any atom is 0.191 e. The van der Waals surface area contributed by atoms with Crippen molar-refractivity contribution >= 4 is 5.96 Å². The summed E-state index contributed by atoms with van der Waals surface area (Å²) in [7, 11) is 3.50. The molecule has 0 fully saturated rings. The SMILES string of the molecule is CN=C(NCc1ccc(C)cc1)NCC(C)c1ccccc1OC. The van der Waals surface area contributed by atoms with Crippen molar-refractivity contribution in [2.45, 2.75) is 26.3 Å². The molecule has 24 heavy (non-hydrogen) atoms. The lowest BCUT2D eigenvalue weighted by molar-refractivity contribution is 0.406. The highest BCUT2D eigenvalue weighted by molar-refractivity contribution is 5.79. The first-order valence-electron chi connectivity index (χ1n) is 8.27. The Morgan fingerprint density at radius 1 is 1.08 bits per heavy atom. The highest BCUT2D eigenvalue weighted by atomic mass is 16.5. The van der Waals surface area contributed by atoms with Crippen LogP contribution in [-0.4, -0.2) is 26.7 Å². The summed E-state index contributed by atoms with van der Waals surface area (Å²) in [6.45, 7) is 5.81. The number of benzene rings is 2. The molecule has 0 radical (unpaired) electrons. The van der Waals surface area contributed by atoms with Gasteiger partial charge in [0.2, 0.25) is 0 Å². The molecule has 2 N–H and O–H groups in total. The van der Waals surface area contributed by atoms with E-state index in [4.69, 9.17) is 4.74 Å². The van der Waals surface area contributed by atoms with Crippen LogP contribution < -0.4 is 15.4 Å². The normalized spacial score (nSPS) is 12.6. The van der Waals surface area contributed by atoms with Gasteiger partial charge in [0.05, 0.1) is 7.11 Å². The Bertz CT molecular complexity index is 665. The van der Waals surface area contributed by atoms with Crippen LogP contribution in [0.15, 0.2) is 53.5 Å². The molecule has 0 aliphatic heterocycles. The lowest BCUT2D eigenvalue weighted by Gasteiger charge is -2.18. The van der Waals surface area contributed by atoms with Gasteiger partial charge in [-0.05, 0) is 24.1 Å². The maximum atomic E-state index is 5.44. The van der Waals surface area contributed by atoms with E-state index in [9.17, 15) is 0 Å². The molecule has 1 unspecified atom stereocenters. The quantitative estimate of drug-likeness (QED) is 0.631. The standard InChI is InChI=1S/C20H27N3O/c1-15-9-11-17(12-10-15)14-23-20(21-3)22-13-16(2)18-7-5-6-8-19(18)24-4/h5-12,16H,13-14H2,1-4H3,(H2,21,22,23). The lowest BCUT2D eigenvalue weighted by atomic mass is 10.0. The first-order valence-corrected chi connectivity index (χ1v) is 8.27. The van der Waals surface area contributed by atoms with Crippen molar-refractivity contribution in [2.75, 3.05) is 20.7 Å². The van der Waals surface area contributed by atoms with Crippen LogP contribution in [0, 0.1) is 6.92 Å². The van der Waals surface area contributed by atoms with E-state index < -0.39 is 0 Å². The fourth-order valence-corrected chi connectivity index (χ4v) is 2.55. The molecule has 0 aliphatic carbocycles. The molecule has 128 valence electrons. The highest BCUT2D eigenvalue weighted by Crippen LogP contribution is 2.25. The topological polar surface area (TPSA) is 45.7 Å². The molecular formula is C20H27N3O. The molecule has 0 saturated carbocycles. The molecule has 1 atom stereocenters. The fourth-order valence-electron chi connectivity index (χ4n) is 2.55. The number of rotatable bonds is 6. The molecule has 4 nitrogen and oxygen atoms in total. The summed E-state index contributed by atoms with van der Waals surface area (Å²) in [5.41, 5.74) is 3.70. The second kappa shape index (κ2) is 8.96. The van der Waals surface area contributed by atoms with E-state index in [1.54, 1.807) is 14.2 Å². The van der Waals surface area contributed by atoms with Gasteiger partial charge < -0.3 is 15.4 Å². The predicted molar refractivity (Wildman–Crippen MR) is 101 cm³/mol. The molecule has 0 aliphatic rings. The summed E-state index contributed by atoms with van der Waals surface area (Å²) in [4.78, 5) is 4.29. The molecule has 0 saturated heterocycles. The molecule has 0 heterocycles. The van der Waals surface area contributed by atoms with E-state index in [0.717, 1.165) is 24.8 Å². The number of aryl methyl sites for hydroxylation is 1. The molecule has 0 amide bonds. The number of nitrogens with one attached hydrogen (secondary N) is 2. The number of aliphatic imine (C=N–C) groups is 1. The minimum absolute atomic E-state index is 0.319. The second-order valence-electron chi connectivity index (χ2n) is 5.94. The van der Waals surface area contributed by atoms with E-state index in [0.29, 0.717) is 5.92 Å². The summed E-state index contributed by atoms with van der Waals surface area (Å²) in [5.74, 6) is 2.05. The van der Waals surface area contributed by atoms with Gasteiger partial charge in [-0.2, -0.15) is 0 Å². The third-order valence-electron chi connectivity index (χ3n) is 4.05. The zero-order valence-electron chi connectivity index (χ0n) is 15.0. The van der Waals surface area contributed by atoms with Crippen LogP contribution in [0.1, 0.15) is 29.5 Å². The molecular weight excluding hydrogens is 298 g/mol. The van der Waals surface area contributed by atoms with E-state index in [1.165, 1.54) is 16.7 Å². The van der Waals surface area contributed by atoms with Gasteiger partial charge in [0.1, 0.15) is 5.75 Å². The van der Waals surface area contributed by atoms with Gasteiger partial charge in [-0.25, -0.2) is 0 Å². The third-order valence-corrected chi connectivity index (χ3v) is 4.05. The molecule has 2 aromatic rings. The maximum absolute atomic E-state index is 5.44. The van der Waals surface area contributed by atoms with Gasteiger partial charge in [0, 0.05) is 26.1 Å². The van der Waals surface area contributed by atoms with Crippen LogP contribution in [0.25, 0.3) is 0 Å². The van der Waals surface area contributed by atoms with Crippen LogP contribution in [0.2, 0.25) is 0 Å². The Kier molecular flexibility index (Phi) is 6.67. The van der Waals surface area contributed by atoms with Gasteiger partial charge in [-0.15, -0.1) is 0 Å². The Balaban J connectivity index is 1.88. The van der Waals surface area contributed by atoms with E-state index in [-0.39, 0.29) is 0 Å². The zero-order chi connectivity index (χ0) is 17.4. The molecule has 0 aromatic heterocycles. The van der Waals surface area contributed by atoms with Gasteiger partial charge in [0.25, 0.3) is 0 Å². The van der Waals surface area contributed by atoms with Crippen molar-refractivity contribution in [3.05, 3.63) is 65.2 Å². The molecule has 2 rings (SSSR count). The van der Waals surface area contributed by atoms with Crippen LogP contribution in [0.3, 0.4) is 0 Å². The summed E-state index contributed by atoms with van der Waals surface area (Å²) in [6.07, 6.45) is 0. The number of ether oxygens (including phenoxy) is 1. The Hall–Kier alpha value is -2.49. The van der Waals surface area contributed by atoms with E-state index in [1.807, 2.05) is 18.2 Å². The van der Waals surface area contributed by atoms with Crippen molar-refractivity contribution in [3.63, 3.8) is 0 Å². The van der Waals surface area contributed by atoms with Gasteiger partial charge in [-0.1, -0.05) is 55.0 Å². The van der Waals surface area contributed by atoms with Crippen LogP contribution in [-0.2, 0) is 6.54 Å².